The number of phenolic OH excluding ortho intramolecular Hbond substituents is 2. The minimum absolute atomic E-state index is 0.177. The van der Waals surface area contributed by atoms with Gasteiger partial charge < -0.3 is 20.5 Å². The second-order valence-corrected chi connectivity index (χ2v) is 11.0. The zero-order chi connectivity index (χ0) is 23.8. The lowest BCUT2D eigenvalue weighted by molar-refractivity contribution is 0.250. The third-order valence-electron chi connectivity index (χ3n) is 5.60. The third-order valence-corrected chi connectivity index (χ3v) is 7.79. The molecule has 0 saturated carbocycles. The number of rotatable bonds is 6. The van der Waals surface area contributed by atoms with E-state index < -0.39 is 10.0 Å². The van der Waals surface area contributed by atoms with E-state index in [0.717, 1.165) is 31.0 Å². The van der Waals surface area contributed by atoms with Crippen LogP contribution in [0.2, 0.25) is 0 Å². The fraction of sp³-hybridized carbons (Fsp3) is 0.400. The van der Waals surface area contributed by atoms with Gasteiger partial charge in [0.1, 0.15) is 6.07 Å². The quantitative estimate of drug-likeness (QED) is 0.434. The molecule has 3 aliphatic heterocycles. The molecular formula is C20H23N7O4S2. The smallest absolute Gasteiger partial charge is 0.211 e. The highest BCUT2D eigenvalue weighted by molar-refractivity contribution is 7.99. The lowest BCUT2D eigenvalue weighted by Crippen LogP contribution is -2.39. The highest BCUT2D eigenvalue weighted by Gasteiger charge is 2.26. The second kappa shape index (κ2) is 9.05. The SMILES string of the molecule is CS(=O)(=O)N1CCCC(CCn2cnc(N)c3nc(Sc4cc(O)c(O)cc4C#N)nc2-3)C1. The van der Waals surface area contributed by atoms with Crippen LogP contribution >= 0.6 is 11.8 Å². The molecule has 13 heteroatoms. The molecule has 3 heterocycles. The molecule has 33 heavy (non-hydrogen) atoms. The van der Waals surface area contributed by atoms with Gasteiger partial charge in [-0.3, -0.25) is 0 Å². The Bertz CT molecular complexity index is 1300. The molecule has 4 rings (SSSR count). The van der Waals surface area contributed by atoms with E-state index in [2.05, 4.69) is 15.0 Å². The van der Waals surface area contributed by atoms with Gasteiger partial charge in [0.25, 0.3) is 0 Å². The van der Waals surface area contributed by atoms with Gasteiger partial charge in [0.2, 0.25) is 10.0 Å². The van der Waals surface area contributed by atoms with E-state index in [1.54, 1.807) is 6.33 Å². The number of nitrogen functional groups attached to an aromatic ring is 1. The topological polar surface area (TPSA) is 171 Å². The molecule has 0 amide bonds. The van der Waals surface area contributed by atoms with Crippen molar-refractivity contribution >= 4 is 27.6 Å². The van der Waals surface area contributed by atoms with Crippen molar-refractivity contribution in [2.45, 2.75) is 35.9 Å². The number of hydrogen-bond donors (Lipinski definition) is 3. The molecular weight excluding hydrogens is 466 g/mol. The summed E-state index contributed by atoms with van der Waals surface area (Å²) in [6.07, 6.45) is 5.35. The standard InChI is InChI=1S/C20H23N7O4S2/c1-33(30,31)27-5-2-3-12(10-27)4-6-26-11-23-18(22)17-19(26)25-20(24-17)32-16-8-15(29)14(28)7-13(16)9-21/h7-8,11-12,28-29H,2-6,10,22H2,1H3. The number of anilines is 1. The first kappa shape index (κ1) is 23.1. The van der Waals surface area contributed by atoms with Crippen molar-refractivity contribution in [3.8, 4) is 29.1 Å². The van der Waals surface area contributed by atoms with Gasteiger partial charge in [0, 0.05) is 30.6 Å². The number of aromatic hydroxyl groups is 2. The molecule has 1 atom stereocenters. The molecule has 1 unspecified atom stereocenters. The first-order chi connectivity index (χ1) is 15.7. The molecule has 1 aromatic rings. The van der Waals surface area contributed by atoms with Crippen LogP contribution in [0.25, 0.3) is 11.5 Å². The normalized spacial score (nSPS) is 17.3. The zero-order valence-electron chi connectivity index (χ0n) is 17.8. The summed E-state index contributed by atoms with van der Waals surface area (Å²) in [6.45, 7) is 1.63. The second-order valence-electron chi connectivity index (χ2n) is 7.97. The fourth-order valence-corrected chi connectivity index (χ4v) is 5.65. The number of nitriles is 1. The van der Waals surface area contributed by atoms with E-state index >= 15 is 0 Å². The summed E-state index contributed by atoms with van der Waals surface area (Å²) in [4.78, 5) is 13.6. The van der Waals surface area contributed by atoms with Gasteiger partial charge in [-0.15, -0.1) is 0 Å². The molecule has 3 aliphatic rings. The van der Waals surface area contributed by atoms with Gasteiger partial charge in [0.15, 0.2) is 34.0 Å². The average molecular weight is 490 g/mol. The number of hydrogen-bond acceptors (Lipinski definition) is 10. The maximum absolute atomic E-state index is 11.9. The highest BCUT2D eigenvalue weighted by Crippen LogP contribution is 2.38. The molecule has 174 valence electrons. The average Bonchev–Trinajstić information content (AvgIpc) is 3.20. The maximum Gasteiger partial charge on any atom is 0.211 e. The minimum Gasteiger partial charge on any atom is -0.504 e. The number of piperidine rings is 1. The number of aromatic nitrogens is 4. The van der Waals surface area contributed by atoms with Crippen molar-refractivity contribution in [1.29, 1.82) is 5.26 Å². The van der Waals surface area contributed by atoms with Crippen LogP contribution in [0.4, 0.5) is 5.82 Å². The van der Waals surface area contributed by atoms with Crippen LogP contribution < -0.4 is 5.73 Å². The minimum atomic E-state index is -3.20. The molecule has 0 radical (unpaired) electrons. The molecule has 0 bridgehead atoms. The summed E-state index contributed by atoms with van der Waals surface area (Å²) in [5, 5.41) is 29.1. The predicted molar refractivity (Wildman–Crippen MR) is 121 cm³/mol. The first-order valence-electron chi connectivity index (χ1n) is 10.2. The molecule has 0 spiro atoms. The molecule has 1 saturated heterocycles. The Morgan fingerprint density at radius 3 is 2.79 bits per heavy atom. The van der Waals surface area contributed by atoms with Crippen LogP contribution in [0.5, 0.6) is 11.5 Å². The van der Waals surface area contributed by atoms with E-state index in [9.17, 15) is 23.9 Å². The van der Waals surface area contributed by atoms with E-state index in [0.29, 0.717) is 41.2 Å². The largest absolute Gasteiger partial charge is 0.504 e. The Morgan fingerprint density at radius 2 is 2.06 bits per heavy atom. The van der Waals surface area contributed by atoms with Crippen molar-refractivity contribution in [1.82, 2.24) is 23.8 Å². The van der Waals surface area contributed by atoms with Gasteiger partial charge in [-0.1, -0.05) is 0 Å². The molecule has 11 nitrogen and oxygen atoms in total. The van der Waals surface area contributed by atoms with E-state index in [-0.39, 0.29) is 28.8 Å². The first-order valence-corrected chi connectivity index (χ1v) is 12.9. The summed E-state index contributed by atoms with van der Waals surface area (Å²) < 4.78 is 27.1. The van der Waals surface area contributed by atoms with Crippen molar-refractivity contribution < 1.29 is 18.6 Å². The van der Waals surface area contributed by atoms with Gasteiger partial charge in [-0.2, -0.15) is 5.26 Å². The van der Waals surface area contributed by atoms with Crippen molar-refractivity contribution in [2.24, 2.45) is 5.92 Å². The van der Waals surface area contributed by atoms with Gasteiger partial charge in [0.05, 0.1) is 18.1 Å². The lowest BCUT2D eigenvalue weighted by atomic mass is 9.96. The summed E-state index contributed by atoms with van der Waals surface area (Å²) in [6, 6.07) is 4.44. The van der Waals surface area contributed by atoms with Gasteiger partial charge in [-0.05, 0) is 43.0 Å². The molecule has 1 fully saturated rings. The Kier molecular flexibility index (Phi) is 6.33. The number of phenols is 2. The summed E-state index contributed by atoms with van der Waals surface area (Å²) in [5.74, 6) is 0.244. The number of imidazole rings is 1. The van der Waals surface area contributed by atoms with E-state index in [4.69, 9.17) is 5.73 Å². The molecule has 4 N–H and O–H groups in total. The van der Waals surface area contributed by atoms with Crippen LogP contribution in [-0.4, -0.2) is 61.8 Å². The Morgan fingerprint density at radius 1 is 1.30 bits per heavy atom. The number of benzene rings is 1. The Balaban J connectivity index is 1.55. The van der Waals surface area contributed by atoms with Crippen LogP contribution in [0.15, 0.2) is 28.5 Å². The number of fused-ring (bicyclic) bond motifs is 1. The van der Waals surface area contributed by atoms with Crippen molar-refractivity contribution in [3.63, 3.8) is 0 Å². The van der Waals surface area contributed by atoms with Crippen LogP contribution in [0.1, 0.15) is 24.8 Å². The van der Waals surface area contributed by atoms with Crippen LogP contribution in [0, 0.1) is 17.2 Å². The summed E-state index contributed by atoms with van der Waals surface area (Å²) in [5.41, 5.74) is 6.60. The van der Waals surface area contributed by atoms with Crippen LogP contribution in [-0.2, 0) is 16.6 Å². The van der Waals surface area contributed by atoms with Crippen molar-refractivity contribution in [2.75, 3.05) is 25.1 Å². The summed E-state index contributed by atoms with van der Waals surface area (Å²) >= 11 is 1.07. The van der Waals surface area contributed by atoms with Gasteiger partial charge in [-0.25, -0.2) is 27.7 Å². The molecule has 0 aromatic heterocycles. The molecule has 0 aliphatic carbocycles. The highest BCUT2D eigenvalue weighted by atomic mass is 32.2. The zero-order valence-corrected chi connectivity index (χ0v) is 19.5. The maximum atomic E-state index is 11.9. The number of nitrogens with two attached hydrogens (primary N) is 1. The lowest BCUT2D eigenvalue weighted by Gasteiger charge is -2.31. The number of sulfonamides is 1. The third kappa shape index (κ3) is 4.97. The monoisotopic (exact) mass is 489 g/mol. The Hall–Kier alpha value is -3.08. The Labute approximate surface area is 195 Å². The molecule has 1 aromatic carbocycles. The van der Waals surface area contributed by atoms with Crippen molar-refractivity contribution in [3.05, 3.63) is 24.0 Å². The summed E-state index contributed by atoms with van der Waals surface area (Å²) in [7, 11) is -3.20. The van der Waals surface area contributed by atoms with Gasteiger partial charge >= 0.3 is 0 Å². The van der Waals surface area contributed by atoms with E-state index in [1.165, 1.54) is 22.7 Å². The van der Waals surface area contributed by atoms with E-state index in [1.807, 2.05) is 10.6 Å². The number of aryl methyl sites for hydroxylation is 1. The fourth-order valence-electron chi connectivity index (χ4n) is 3.86. The number of nitrogens with zero attached hydrogens (tertiary/aromatic N) is 6. The predicted octanol–water partition coefficient (Wildman–Crippen LogP) is 1.86. The van der Waals surface area contributed by atoms with Crippen LogP contribution in [0.3, 0.4) is 0 Å².